The van der Waals surface area contributed by atoms with E-state index in [4.69, 9.17) is 16.3 Å². The van der Waals surface area contributed by atoms with E-state index in [-0.39, 0.29) is 16.9 Å². The van der Waals surface area contributed by atoms with Crippen LogP contribution in [0.1, 0.15) is 16.9 Å². The first-order valence-corrected chi connectivity index (χ1v) is 9.89. The molecule has 2 aliphatic heterocycles. The topological polar surface area (TPSA) is 58.5 Å². The number of carbonyl (C=O) groups is 1. The summed E-state index contributed by atoms with van der Waals surface area (Å²) in [5, 5.41) is 2.94. The summed E-state index contributed by atoms with van der Waals surface area (Å²) < 4.78 is 37.6. The minimum absolute atomic E-state index is 0.142. The summed E-state index contributed by atoms with van der Waals surface area (Å²) in [6, 6.07) is 3.18. The van der Waals surface area contributed by atoms with Crippen molar-refractivity contribution >= 4 is 35.1 Å². The van der Waals surface area contributed by atoms with Crippen LogP contribution in [0.3, 0.4) is 0 Å². The van der Waals surface area contributed by atoms with Crippen LogP contribution in [0.25, 0.3) is 0 Å². The van der Waals surface area contributed by atoms with E-state index in [0.29, 0.717) is 22.4 Å². The molecule has 1 saturated heterocycles. The number of rotatable bonds is 2. The van der Waals surface area contributed by atoms with Crippen LogP contribution in [0, 0.1) is 11.6 Å². The number of nitrogens with zero attached hydrogens (tertiary/aromatic N) is 2. The average Bonchev–Trinajstić information content (AvgIpc) is 3.05. The van der Waals surface area contributed by atoms with Gasteiger partial charge in [-0.15, -0.1) is 0 Å². The monoisotopic (exact) mass is 428 g/mol. The fourth-order valence-corrected chi connectivity index (χ4v) is 4.83. The van der Waals surface area contributed by atoms with Crippen LogP contribution < -0.4 is 14.8 Å². The molecule has 1 amide bonds. The van der Waals surface area contributed by atoms with Crippen molar-refractivity contribution in [3.05, 3.63) is 40.7 Å². The van der Waals surface area contributed by atoms with Gasteiger partial charge in [0.05, 0.1) is 5.54 Å². The highest BCUT2D eigenvalue weighted by atomic mass is 35.5. The lowest BCUT2D eigenvalue weighted by Gasteiger charge is -2.27. The molecule has 1 spiro atoms. The van der Waals surface area contributed by atoms with Gasteiger partial charge in [0, 0.05) is 25.3 Å². The standard InChI is InChI=1S/C18H19ClF2N4O2S/c1-24-6-5-18(8-24)9-27-14-13(25(2)16(19)15(14)28-23-18)17(26)22-10-3-4-11(20)12(21)7-10/h3-4,7,23H,5-6,8-9H2,1-2H3,(H,22,26). The van der Waals surface area contributed by atoms with Gasteiger partial charge in [-0.2, -0.15) is 0 Å². The molecule has 28 heavy (non-hydrogen) atoms. The summed E-state index contributed by atoms with van der Waals surface area (Å²) in [7, 11) is 3.70. The molecule has 0 aliphatic carbocycles. The third-order valence-corrected chi connectivity index (χ3v) is 6.71. The Balaban J connectivity index is 1.62. The van der Waals surface area contributed by atoms with E-state index in [1.807, 2.05) is 7.05 Å². The molecule has 3 heterocycles. The number of anilines is 1. The van der Waals surface area contributed by atoms with E-state index in [2.05, 4.69) is 14.9 Å². The Morgan fingerprint density at radius 1 is 1.36 bits per heavy atom. The Hall–Kier alpha value is -1.81. The maximum atomic E-state index is 13.5. The van der Waals surface area contributed by atoms with Crippen LogP contribution >= 0.6 is 23.5 Å². The lowest BCUT2D eigenvalue weighted by molar-refractivity contribution is 0.101. The van der Waals surface area contributed by atoms with Gasteiger partial charge in [0.2, 0.25) is 0 Å². The number of halogens is 3. The maximum Gasteiger partial charge on any atom is 0.276 e. The highest BCUT2D eigenvalue weighted by Gasteiger charge is 2.41. The molecule has 1 fully saturated rings. The first-order chi connectivity index (χ1) is 13.3. The quantitative estimate of drug-likeness (QED) is 0.719. The zero-order valence-corrected chi connectivity index (χ0v) is 16.9. The number of likely N-dealkylation sites (tertiary alicyclic amines) is 1. The number of hydrogen-bond donors (Lipinski definition) is 2. The fraction of sp³-hybridized carbons (Fsp3) is 0.389. The van der Waals surface area contributed by atoms with Crippen molar-refractivity contribution in [3.63, 3.8) is 0 Å². The number of fused-ring (bicyclic) bond motifs is 1. The minimum Gasteiger partial charge on any atom is -0.488 e. The number of aromatic nitrogens is 1. The van der Waals surface area contributed by atoms with Gasteiger partial charge in [0.15, 0.2) is 23.1 Å². The van der Waals surface area contributed by atoms with Crippen molar-refractivity contribution in [2.75, 3.05) is 32.1 Å². The summed E-state index contributed by atoms with van der Waals surface area (Å²) >= 11 is 7.80. The molecule has 150 valence electrons. The van der Waals surface area contributed by atoms with Crippen LogP contribution in [0.4, 0.5) is 14.5 Å². The van der Waals surface area contributed by atoms with Crippen molar-refractivity contribution in [1.29, 1.82) is 0 Å². The van der Waals surface area contributed by atoms with E-state index in [1.165, 1.54) is 22.6 Å². The Morgan fingerprint density at radius 2 is 2.14 bits per heavy atom. The van der Waals surface area contributed by atoms with Gasteiger partial charge in [0.1, 0.15) is 16.7 Å². The predicted molar refractivity (Wildman–Crippen MR) is 104 cm³/mol. The van der Waals surface area contributed by atoms with E-state index in [0.717, 1.165) is 31.6 Å². The molecule has 0 radical (unpaired) electrons. The first kappa shape index (κ1) is 19.5. The van der Waals surface area contributed by atoms with Crippen molar-refractivity contribution in [2.45, 2.75) is 16.9 Å². The number of likely N-dealkylation sites (N-methyl/N-ethyl adjacent to an activating group) is 1. The number of nitrogens with one attached hydrogen (secondary N) is 2. The first-order valence-electron chi connectivity index (χ1n) is 8.69. The van der Waals surface area contributed by atoms with Crippen LogP contribution in [0.15, 0.2) is 23.1 Å². The van der Waals surface area contributed by atoms with Crippen LogP contribution in [-0.4, -0.2) is 47.7 Å². The van der Waals surface area contributed by atoms with Crippen molar-refractivity contribution in [1.82, 2.24) is 14.2 Å². The number of hydrogen-bond acceptors (Lipinski definition) is 5. The zero-order valence-electron chi connectivity index (χ0n) is 15.3. The molecule has 1 aromatic heterocycles. The molecule has 0 bridgehead atoms. The molecule has 2 aromatic rings. The molecule has 2 N–H and O–H groups in total. The lowest BCUT2D eigenvalue weighted by atomic mass is 10.0. The van der Waals surface area contributed by atoms with Crippen molar-refractivity contribution < 1.29 is 18.3 Å². The minimum atomic E-state index is -1.04. The van der Waals surface area contributed by atoms with E-state index in [1.54, 1.807) is 7.05 Å². The third-order valence-electron chi connectivity index (χ3n) is 5.04. The SMILES string of the molecule is CN1CCC2(COc3c(c(Cl)n(C)c3C(=O)Nc3ccc(F)c(F)c3)SN2)C1. The summed E-state index contributed by atoms with van der Waals surface area (Å²) in [6.45, 7) is 2.17. The normalized spacial score (nSPS) is 22.0. The smallest absolute Gasteiger partial charge is 0.276 e. The molecular formula is C18H19ClF2N4O2S. The third kappa shape index (κ3) is 3.36. The maximum absolute atomic E-state index is 13.5. The van der Waals surface area contributed by atoms with Crippen LogP contribution in [0.2, 0.25) is 5.15 Å². The average molecular weight is 429 g/mol. The second-order valence-electron chi connectivity index (χ2n) is 7.20. The van der Waals surface area contributed by atoms with Gasteiger partial charge in [-0.25, -0.2) is 13.5 Å². The number of carbonyl (C=O) groups excluding carboxylic acids is 1. The van der Waals surface area contributed by atoms with Crippen molar-refractivity contribution in [2.24, 2.45) is 7.05 Å². The lowest BCUT2D eigenvalue weighted by Crippen LogP contribution is -2.48. The summed E-state index contributed by atoms with van der Waals surface area (Å²) in [4.78, 5) is 15.7. The van der Waals surface area contributed by atoms with Gasteiger partial charge in [-0.3, -0.25) is 4.79 Å². The second-order valence-corrected chi connectivity index (χ2v) is 8.38. The molecule has 10 heteroatoms. The molecular weight excluding hydrogens is 410 g/mol. The highest BCUT2D eigenvalue weighted by molar-refractivity contribution is 7.97. The number of benzene rings is 1. The van der Waals surface area contributed by atoms with Crippen LogP contribution in [0.5, 0.6) is 5.75 Å². The number of amides is 1. The zero-order chi connectivity index (χ0) is 20.1. The van der Waals surface area contributed by atoms with Gasteiger partial charge in [-0.1, -0.05) is 11.6 Å². The van der Waals surface area contributed by atoms with Crippen molar-refractivity contribution in [3.8, 4) is 5.75 Å². The van der Waals surface area contributed by atoms with E-state index >= 15 is 0 Å². The van der Waals surface area contributed by atoms with Gasteiger partial charge in [-0.05, 0) is 44.1 Å². The molecule has 1 aromatic carbocycles. The molecule has 0 saturated carbocycles. The summed E-state index contributed by atoms with van der Waals surface area (Å²) in [5.74, 6) is -2.15. The van der Waals surface area contributed by atoms with E-state index < -0.39 is 17.5 Å². The fourth-order valence-electron chi connectivity index (χ4n) is 3.53. The summed E-state index contributed by atoms with van der Waals surface area (Å²) in [6.07, 6.45) is 0.918. The van der Waals surface area contributed by atoms with Crippen LogP contribution in [-0.2, 0) is 7.05 Å². The molecule has 1 unspecified atom stereocenters. The molecule has 2 aliphatic rings. The second kappa shape index (κ2) is 7.22. The molecule has 1 atom stereocenters. The Labute approximate surface area is 170 Å². The molecule has 4 rings (SSSR count). The van der Waals surface area contributed by atoms with Gasteiger partial charge < -0.3 is 19.5 Å². The molecule has 6 nitrogen and oxygen atoms in total. The summed E-state index contributed by atoms with van der Waals surface area (Å²) in [5.41, 5.74) is 0.145. The largest absolute Gasteiger partial charge is 0.488 e. The van der Waals surface area contributed by atoms with Gasteiger partial charge in [0.25, 0.3) is 5.91 Å². The Kier molecular flexibility index (Phi) is 5.03. The Bertz CT molecular complexity index is 954. The Morgan fingerprint density at radius 3 is 2.82 bits per heavy atom. The highest BCUT2D eigenvalue weighted by Crippen LogP contribution is 2.44. The number of ether oxygens (including phenoxy) is 1. The van der Waals surface area contributed by atoms with E-state index in [9.17, 15) is 13.6 Å². The predicted octanol–water partition coefficient (Wildman–Crippen LogP) is 3.27. The van der Waals surface area contributed by atoms with Gasteiger partial charge >= 0.3 is 0 Å².